The van der Waals surface area contributed by atoms with Gasteiger partial charge < -0.3 is 10.2 Å². The molecular formula is C30H35Cl2N3O4S. The number of amides is 2. The molecule has 0 saturated carbocycles. The highest BCUT2D eigenvalue weighted by atomic mass is 35.5. The Labute approximate surface area is 247 Å². The molecular weight excluding hydrogens is 569 g/mol. The van der Waals surface area contributed by atoms with Crippen LogP contribution in [0.2, 0.25) is 10.0 Å². The first-order valence-electron chi connectivity index (χ1n) is 13.0. The van der Waals surface area contributed by atoms with Gasteiger partial charge in [-0.25, -0.2) is 8.42 Å². The van der Waals surface area contributed by atoms with Crippen LogP contribution in [0, 0.1) is 0 Å². The summed E-state index contributed by atoms with van der Waals surface area (Å²) in [6, 6.07) is 20.3. The van der Waals surface area contributed by atoms with Gasteiger partial charge >= 0.3 is 0 Å². The van der Waals surface area contributed by atoms with E-state index in [9.17, 15) is 18.0 Å². The van der Waals surface area contributed by atoms with E-state index in [1.165, 1.54) is 4.90 Å². The molecule has 7 nitrogen and oxygen atoms in total. The third-order valence-electron chi connectivity index (χ3n) is 6.41. The molecule has 3 aromatic carbocycles. The molecule has 0 spiro atoms. The van der Waals surface area contributed by atoms with Crippen molar-refractivity contribution in [2.45, 2.75) is 52.2 Å². The van der Waals surface area contributed by atoms with Gasteiger partial charge in [0, 0.05) is 34.6 Å². The minimum absolute atomic E-state index is 0.0899. The first-order valence-corrected chi connectivity index (χ1v) is 15.6. The van der Waals surface area contributed by atoms with Gasteiger partial charge in [-0.3, -0.25) is 13.9 Å². The van der Waals surface area contributed by atoms with Gasteiger partial charge in [-0.15, -0.1) is 0 Å². The van der Waals surface area contributed by atoms with Crippen molar-refractivity contribution in [3.05, 3.63) is 99.5 Å². The maximum absolute atomic E-state index is 14.2. The Morgan fingerprint density at radius 2 is 1.50 bits per heavy atom. The van der Waals surface area contributed by atoms with Crippen molar-refractivity contribution in [2.24, 2.45) is 0 Å². The Balaban J connectivity index is 2.12. The van der Waals surface area contributed by atoms with Gasteiger partial charge in [-0.05, 0) is 49.6 Å². The van der Waals surface area contributed by atoms with E-state index in [0.29, 0.717) is 27.7 Å². The molecule has 3 rings (SSSR count). The van der Waals surface area contributed by atoms with E-state index >= 15 is 0 Å². The molecule has 0 radical (unpaired) electrons. The number of hydrogen-bond donors (Lipinski definition) is 1. The number of nitrogens with one attached hydrogen (secondary N) is 1. The third kappa shape index (κ3) is 8.22. The number of carbonyl (C=O) groups is 2. The second-order valence-corrected chi connectivity index (χ2v) is 12.6. The van der Waals surface area contributed by atoms with Crippen molar-refractivity contribution >= 4 is 50.7 Å². The molecule has 1 atom stereocenters. The minimum atomic E-state index is -3.86. The van der Waals surface area contributed by atoms with E-state index in [2.05, 4.69) is 5.32 Å². The highest BCUT2D eigenvalue weighted by Gasteiger charge is 2.34. The SMILES string of the molecule is CCc1ccccc1N(CC(=O)N(Cc1c(Cl)cccc1Cl)[C@H](Cc1ccccc1)C(=O)NC(C)C)S(C)(=O)=O. The van der Waals surface area contributed by atoms with Crippen LogP contribution >= 0.6 is 23.2 Å². The van der Waals surface area contributed by atoms with E-state index < -0.39 is 28.5 Å². The number of para-hydroxylation sites is 1. The number of benzene rings is 3. The predicted octanol–water partition coefficient (Wildman–Crippen LogP) is 5.49. The molecule has 0 bridgehead atoms. The largest absolute Gasteiger partial charge is 0.352 e. The predicted molar refractivity (Wildman–Crippen MR) is 162 cm³/mol. The Bertz CT molecular complexity index is 1410. The summed E-state index contributed by atoms with van der Waals surface area (Å²) in [6.07, 6.45) is 1.84. The molecule has 10 heteroatoms. The van der Waals surface area contributed by atoms with Crippen molar-refractivity contribution in [2.75, 3.05) is 17.1 Å². The standard InChI is InChI=1S/C30H35Cl2N3O4S/c1-5-23-14-9-10-17-27(23)35(40(4,38)39)20-29(36)34(19-24-25(31)15-11-16-26(24)32)28(30(37)33-21(2)3)18-22-12-7-6-8-13-22/h6-17,21,28H,5,18-20H2,1-4H3,(H,33,37)/t28-/m1/s1. The average Bonchev–Trinajstić information content (AvgIpc) is 2.90. The Kier molecular flexibility index (Phi) is 11.0. The fraction of sp³-hybridized carbons (Fsp3) is 0.333. The molecule has 0 aliphatic rings. The van der Waals surface area contributed by atoms with Gasteiger partial charge in [-0.2, -0.15) is 0 Å². The average molecular weight is 605 g/mol. The minimum Gasteiger partial charge on any atom is -0.352 e. The number of sulfonamides is 1. The third-order valence-corrected chi connectivity index (χ3v) is 8.25. The van der Waals surface area contributed by atoms with Gasteiger partial charge in [0.25, 0.3) is 0 Å². The monoisotopic (exact) mass is 603 g/mol. The summed E-state index contributed by atoms with van der Waals surface area (Å²) in [4.78, 5) is 29.2. The maximum atomic E-state index is 14.2. The van der Waals surface area contributed by atoms with Gasteiger partial charge in [0.2, 0.25) is 21.8 Å². The zero-order valence-corrected chi connectivity index (χ0v) is 25.4. The fourth-order valence-corrected chi connectivity index (χ4v) is 5.83. The Morgan fingerprint density at radius 1 is 0.900 bits per heavy atom. The first-order chi connectivity index (χ1) is 18.9. The number of aryl methyl sites for hydroxylation is 1. The van der Waals surface area contributed by atoms with E-state index in [-0.39, 0.29) is 24.9 Å². The van der Waals surface area contributed by atoms with Crippen LogP contribution in [0.15, 0.2) is 72.8 Å². The topological polar surface area (TPSA) is 86.8 Å². The second kappa shape index (κ2) is 14.0. The molecule has 0 fully saturated rings. The maximum Gasteiger partial charge on any atom is 0.244 e. The van der Waals surface area contributed by atoms with Crippen molar-refractivity contribution in [1.82, 2.24) is 10.2 Å². The van der Waals surface area contributed by atoms with Gasteiger partial charge in [0.15, 0.2) is 0 Å². The molecule has 3 aromatic rings. The van der Waals surface area contributed by atoms with Crippen LogP contribution in [0.5, 0.6) is 0 Å². The van der Waals surface area contributed by atoms with E-state index in [4.69, 9.17) is 23.2 Å². The van der Waals surface area contributed by atoms with Crippen LogP contribution in [0.1, 0.15) is 37.5 Å². The summed E-state index contributed by atoms with van der Waals surface area (Å²) in [5.41, 5.74) is 2.50. The lowest BCUT2D eigenvalue weighted by atomic mass is 10.0. The smallest absolute Gasteiger partial charge is 0.244 e. The summed E-state index contributed by atoms with van der Waals surface area (Å²) < 4.78 is 27.1. The normalized spacial score (nSPS) is 12.2. The van der Waals surface area contributed by atoms with Crippen LogP contribution in [-0.2, 0) is 39.0 Å². The zero-order valence-electron chi connectivity index (χ0n) is 23.1. The van der Waals surface area contributed by atoms with Crippen molar-refractivity contribution < 1.29 is 18.0 Å². The number of rotatable bonds is 12. The fourth-order valence-electron chi connectivity index (χ4n) is 4.44. The number of anilines is 1. The van der Waals surface area contributed by atoms with E-state index in [0.717, 1.165) is 21.7 Å². The Morgan fingerprint density at radius 3 is 2.08 bits per heavy atom. The van der Waals surface area contributed by atoms with Crippen molar-refractivity contribution in [1.29, 1.82) is 0 Å². The highest BCUT2D eigenvalue weighted by Crippen LogP contribution is 2.28. The molecule has 0 aliphatic carbocycles. The van der Waals surface area contributed by atoms with Crippen LogP contribution in [0.25, 0.3) is 0 Å². The van der Waals surface area contributed by atoms with E-state index in [1.807, 2.05) is 63.2 Å². The van der Waals surface area contributed by atoms with Gasteiger partial charge in [0.05, 0.1) is 11.9 Å². The summed E-state index contributed by atoms with van der Waals surface area (Å²) in [7, 11) is -3.86. The van der Waals surface area contributed by atoms with Crippen LogP contribution in [0.3, 0.4) is 0 Å². The number of nitrogens with zero attached hydrogens (tertiary/aromatic N) is 2. The molecule has 0 aliphatic heterocycles. The number of carbonyl (C=O) groups excluding carboxylic acids is 2. The zero-order chi connectivity index (χ0) is 29.4. The van der Waals surface area contributed by atoms with Gasteiger partial charge in [0.1, 0.15) is 12.6 Å². The van der Waals surface area contributed by atoms with Crippen LogP contribution in [-0.4, -0.2) is 50.0 Å². The summed E-state index contributed by atoms with van der Waals surface area (Å²) in [6.45, 7) is 4.99. The number of halogens is 2. The quantitative estimate of drug-likeness (QED) is 0.297. The molecule has 2 amide bonds. The number of hydrogen-bond acceptors (Lipinski definition) is 4. The molecule has 0 saturated heterocycles. The molecule has 0 aromatic heterocycles. The summed E-state index contributed by atoms with van der Waals surface area (Å²) in [5.74, 6) is -0.928. The lowest BCUT2D eigenvalue weighted by Gasteiger charge is -2.34. The van der Waals surface area contributed by atoms with E-state index in [1.54, 1.807) is 30.3 Å². The highest BCUT2D eigenvalue weighted by molar-refractivity contribution is 7.92. The Hall–Kier alpha value is -3.07. The molecule has 1 N–H and O–H groups in total. The summed E-state index contributed by atoms with van der Waals surface area (Å²) >= 11 is 13.0. The van der Waals surface area contributed by atoms with Crippen LogP contribution in [0.4, 0.5) is 5.69 Å². The van der Waals surface area contributed by atoms with Crippen LogP contribution < -0.4 is 9.62 Å². The molecule has 40 heavy (non-hydrogen) atoms. The van der Waals surface area contributed by atoms with Crippen molar-refractivity contribution in [3.8, 4) is 0 Å². The molecule has 214 valence electrons. The lowest BCUT2D eigenvalue weighted by molar-refractivity contribution is -0.140. The van der Waals surface area contributed by atoms with Gasteiger partial charge in [-0.1, -0.05) is 84.7 Å². The lowest BCUT2D eigenvalue weighted by Crippen LogP contribution is -2.54. The first kappa shape index (κ1) is 31.5. The molecule has 0 heterocycles. The summed E-state index contributed by atoms with van der Waals surface area (Å²) in [5, 5.41) is 3.59. The molecule has 0 unspecified atom stereocenters. The van der Waals surface area contributed by atoms with Crippen molar-refractivity contribution in [3.63, 3.8) is 0 Å². The second-order valence-electron chi connectivity index (χ2n) is 9.84.